The van der Waals surface area contributed by atoms with Gasteiger partial charge in [0.15, 0.2) is 6.04 Å². The Morgan fingerprint density at radius 2 is 1.89 bits per heavy atom. The van der Waals surface area contributed by atoms with Crippen LogP contribution in [0.25, 0.3) is 0 Å². The zero-order valence-corrected chi connectivity index (χ0v) is 16.2. The molecule has 1 aliphatic rings. The number of nitrogens with zero attached hydrogens (tertiary/aromatic N) is 1. The highest BCUT2D eigenvalue weighted by atomic mass is 35.5. The van der Waals surface area contributed by atoms with Crippen LogP contribution >= 0.6 is 11.6 Å². The third-order valence-electron chi connectivity index (χ3n) is 4.11. The van der Waals surface area contributed by atoms with E-state index in [1.165, 1.54) is 17.0 Å². The first kappa shape index (κ1) is 21.4. The number of hydrogen-bond donors (Lipinski definition) is 2. The zero-order chi connectivity index (χ0) is 20.4. The molecule has 1 aromatic carbocycles. The lowest BCUT2D eigenvalue weighted by Crippen LogP contribution is -2.52. The molecule has 3 N–H and O–H groups in total. The topological polar surface area (TPSA) is 84.7 Å². The number of likely N-dealkylation sites (tertiary alicyclic amines) is 1. The van der Waals surface area contributed by atoms with Crippen LogP contribution in [0.4, 0.5) is 13.6 Å². The lowest BCUT2D eigenvalue weighted by Gasteiger charge is -2.27. The lowest BCUT2D eigenvalue weighted by molar-refractivity contribution is -0.142. The number of halogens is 3. The van der Waals surface area contributed by atoms with Crippen molar-refractivity contribution in [1.29, 1.82) is 0 Å². The Balaban J connectivity index is 1.97. The maximum atomic E-state index is 14.6. The van der Waals surface area contributed by atoms with Crippen molar-refractivity contribution in [3.05, 3.63) is 34.9 Å². The molecule has 1 heterocycles. The number of ether oxygens (including phenoxy) is 1. The molecule has 2 rings (SSSR count). The van der Waals surface area contributed by atoms with Gasteiger partial charge in [-0.05, 0) is 39.3 Å². The summed E-state index contributed by atoms with van der Waals surface area (Å²) >= 11 is 5.71. The quantitative estimate of drug-likeness (QED) is 0.809. The van der Waals surface area contributed by atoms with Gasteiger partial charge in [0, 0.05) is 23.7 Å². The summed E-state index contributed by atoms with van der Waals surface area (Å²) in [7, 11) is 0. The number of rotatable bonds is 4. The molecular formula is C18H24ClF2N3O3. The normalized spacial score (nSPS) is 18.9. The number of nitrogens with one attached hydrogen (secondary N) is 1. The van der Waals surface area contributed by atoms with Gasteiger partial charge in [0.1, 0.15) is 5.60 Å². The molecule has 1 unspecified atom stereocenters. The standard InChI is InChI=1S/C18H24ClF2N3O3/c1-17(2,3)27-16(26)23-13-8-9-24(10-13)15(25)14(22)18(20,21)11-4-6-12(19)7-5-11/h4-7,13-14H,8-10,22H2,1-3H3,(H,23,26)/t13-,14?/m1/s1. The van der Waals surface area contributed by atoms with Crippen LogP contribution in [0, 0.1) is 0 Å². The minimum Gasteiger partial charge on any atom is -0.444 e. The number of hydrogen-bond acceptors (Lipinski definition) is 4. The van der Waals surface area contributed by atoms with Crippen LogP contribution in [0.5, 0.6) is 0 Å². The van der Waals surface area contributed by atoms with Crippen LogP contribution in [0.3, 0.4) is 0 Å². The summed E-state index contributed by atoms with van der Waals surface area (Å²) in [6, 6.07) is 2.52. The fraction of sp³-hybridized carbons (Fsp3) is 0.556. The number of benzene rings is 1. The smallest absolute Gasteiger partial charge is 0.407 e. The molecule has 0 aliphatic carbocycles. The van der Waals surface area contributed by atoms with Gasteiger partial charge in [0.25, 0.3) is 5.92 Å². The highest BCUT2D eigenvalue weighted by Crippen LogP contribution is 2.32. The van der Waals surface area contributed by atoms with Crippen LogP contribution < -0.4 is 11.1 Å². The molecule has 1 aliphatic heterocycles. The van der Waals surface area contributed by atoms with E-state index in [1.807, 2.05) is 0 Å². The molecule has 9 heteroatoms. The van der Waals surface area contributed by atoms with Crippen LogP contribution in [-0.2, 0) is 15.5 Å². The van der Waals surface area contributed by atoms with Crippen molar-refractivity contribution in [2.45, 2.75) is 50.8 Å². The first-order chi connectivity index (χ1) is 12.4. The van der Waals surface area contributed by atoms with Crippen LogP contribution in [0.15, 0.2) is 24.3 Å². The number of carbonyl (C=O) groups is 2. The molecule has 0 bridgehead atoms. The van der Waals surface area contributed by atoms with Gasteiger partial charge in [-0.15, -0.1) is 0 Å². The van der Waals surface area contributed by atoms with Crippen molar-refractivity contribution in [2.24, 2.45) is 5.73 Å². The molecule has 0 saturated carbocycles. The highest BCUT2D eigenvalue weighted by molar-refractivity contribution is 6.30. The summed E-state index contributed by atoms with van der Waals surface area (Å²) in [6.45, 7) is 5.52. The third-order valence-corrected chi connectivity index (χ3v) is 4.36. The van der Waals surface area contributed by atoms with Crippen LogP contribution in [-0.4, -0.2) is 47.7 Å². The summed E-state index contributed by atoms with van der Waals surface area (Å²) < 4.78 is 34.3. The minimum atomic E-state index is -3.54. The van der Waals surface area contributed by atoms with E-state index in [-0.39, 0.29) is 24.7 Å². The van der Waals surface area contributed by atoms with E-state index in [9.17, 15) is 18.4 Å². The number of carbonyl (C=O) groups excluding carboxylic acids is 2. The summed E-state index contributed by atoms with van der Waals surface area (Å²) in [5.41, 5.74) is 4.56. The van der Waals surface area contributed by atoms with Gasteiger partial charge in [-0.3, -0.25) is 4.79 Å². The Bertz CT molecular complexity index is 692. The van der Waals surface area contributed by atoms with Crippen molar-refractivity contribution in [3.63, 3.8) is 0 Å². The van der Waals surface area contributed by atoms with Crippen molar-refractivity contribution in [2.75, 3.05) is 13.1 Å². The number of amides is 2. The summed E-state index contributed by atoms with van der Waals surface area (Å²) in [4.78, 5) is 25.5. The van der Waals surface area contributed by atoms with E-state index < -0.39 is 29.6 Å². The van der Waals surface area contributed by atoms with E-state index in [0.717, 1.165) is 12.1 Å². The Morgan fingerprint density at radius 3 is 2.44 bits per heavy atom. The fourth-order valence-electron chi connectivity index (χ4n) is 2.76. The van der Waals surface area contributed by atoms with Crippen LogP contribution in [0.1, 0.15) is 32.8 Å². The predicted octanol–water partition coefficient (Wildman–Crippen LogP) is 2.88. The van der Waals surface area contributed by atoms with Gasteiger partial charge < -0.3 is 20.7 Å². The molecule has 0 aromatic heterocycles. The molecule has 0 spiro atoms. The van der Waals surface area contributed by atoms with Gasteiger partial charge >= 0.3 is 6.09 Å². The predicted molar refractivity (Wildman–Crippen MR) is 97.7 cm³/mol. The van der Waals surface area contributed by atoms with Crippen molar-refractivity contribution in [1.82, 2.24) is 10.2 Å². The second kappa shape index (κ2) is 7.98. The lowest BCUT2D eigenvalue weighted by atomic mass is 10.0. The van der Waals surface area contributed by atoms with E-state index >= 15 is 0 Å². The van der Waals surface area contributed by atoms with Crippen molar-refractivity contribution < 1.29 is 23.1 Å². The molecule has 6 nitrogen and oxygen atoms in total. The molecule has 1 saturated heterocycles. The largest absolute Gasteiger partial charge is 0.444 e. The van der Waals surface area contributed by atoms with Crippen LogP contribution in [0.2, 0.25) is 5.02 Å². The molecular weight excluding hydrogens is 380 g/mol. The average Bonchev–Trinajstić information content (AvgIpc) is 3.00. The fourth-order valence-corrected chi connectivity index (χ4v) is 2.88. The van der Waals surface area contributed by atoms with Gasteiger partial charge in [-0.1, -0.05) is 23.7 Å². The molecule has 2 amide bonds. The number of nitrogens with two attached hydrogens (primary N) is 1. The third kappa shape index (κ3) is 5.52. The van der Waals surface area contributed by atoms with Crippen molar-refractivity contribution >= 4 is 23.6 Å². The van der Waals surface area contributed by atoms with Gasteiger partial charge in [-0.25, -0.2) is 4.79 Å². The molecule has 2 atom stereocenters. The Hall–Kier alpha value is -1.93. The Labute approximate surface area is 162 Å². The van der Waals surface area contributed by atoms with Gasteiger partial charge in [0.05, 0.1) is 6.04 Å². The summed E-state index contributed by atoms with van der Waals surface area (Å²) in [5.74, 6) is -4.42. The Morgan fingerprint density at radius 1 is 1.30 bits per heavy atom. The molecule has 1 fully saturated rings. The zero-order valence-electron chi connectivity index (χ0n) is 15.5. The molecule has 1 aromatic rings. The minimum absolute atomic E-state index is 0.0997. The molecule has 150 valence electrons. The average molecular weight is 404 g/mol. The van der Waals surface area contributed by atoms with Gasteiger partial charge in [0.2, 0.25) is 5.91 Å². The second-order valence-electron chi connectivity index (χ2n) is 7.52. The summed E-state index contributed by atoms with van der Waals surface area (Å²) in [6.07, 6.45) is -0.179. The van der Waals surface area contributed by atoms with E-state index in [2.05, 4.69) is 5.32 Å². The maximum Gasteiger partial charge on any atom is 0.407 e. The highest BCUT2D eigenvalue weighted by Gasteiger charge is 2.46. The van der Waals surface area contributed by atoms with Gasteiger partial charge in [-0.2, -0.15) is 8.78 Å². The maximum absolute atomic E-state index is 14.6. The van der Waals surface area contributed by atoms with E-state index in [4.69, 9.17) is 22.1 Å². The van der Waals surface area contributed by atoms with E-state index in [0.29, 0.717) is 11.4 Å². The first-order valence-electron chi connectivity index (χ1n) is 8.58. The molecule has 27 heavy (non-hydrogen) atoms. The van der Waals surface area contributed by atoms with Crippen molar-refractivity contribution in [3.8, 4) is 0 Å². The monoisotopic (exact) mass is 403 g/mol. The molecule has 0 radical (unpaired) electrons. The summed E-state index contributed by atoms with van der Waals surface area (Å²) in [5, 5.41) is 2.95. The first-order valence-corrected chi connectivity index (χ1v) is 8.95. The Kier molecular flexibility index (Phi) is 6.32. The van der Waals surface area contributed by atoms with E-state index in [1.54, 1.807) is 20.8 Å². The number of alkyl halides is 2. The number of alkyl carbamates (subject to hydrolysis) is 1. The second-order valence-corrected chi connectivity index (χ2v) is 7.96. The SMILES string of the molecule is CC(C)(C)OC(=O)N[C@@H]1CCN(C(=O)C(N)C(F)(F)c2ccc(Cl)cc2)C1.